The van der Waals surface area contributed by atoms with Crippen LogP contribution in [0.3, 0.4) is 0 Å². The highest BCUT2D eigenvalue weighted by Gasteiger charge is 2.17. The molecule has 1 aromatic carbocycles. The third-order valence-electron chi connectivity index (χ3n) is 3.33. The number of aryl methyl sites for hydroxylation is 1. The van der Waals surface area contributed by atoms with Crippen LogP contribution in [0.5, 0.6) is 11.5 Å². The Morgan fingerprint density at radius 2 is 2.00 bits per heavy atom. The van der Waals surface area contributed by atoms with Crippen molar-refractivity contribution in [2.24, 2.45) is 7.05 Å². The molecule has 0 aliphatic rings. The largest absolute Gasteiger partial charge is 0.457 e. The van der Waals surface area contributed by atoms with E-state index in [2.05, 4.69) is 25.8 Å². The van der Waals surface area contributed by atoms with Crippen molar-refractivity contribution in [3.8, 4) is 11.5 Å². The molecule has 0 fully saturated rings. The predicted molar refractivity (Wildman–Crippen MR) is 85.4 cm³/mol. The molecule has 24 heavy (non-hydrogen) atoms. The van der Waals surface area contributed by atoms with E-state index in [1.165, 1.54) is 10.9 Å². The second kappa shape index (κ2) is 6.86. The highest BCUT2D eigenvalue weighted by Crippen LogP contribution is 2.21. The molecule has 2 aromatic heterocycles. The summed E-state index contributed by atoms with van der Waals surface area (Å²) in [5.74, 6) is 1.45. The standard InChI is InChI=1S/C16H16N6O2/c1-11(15-19-20-21-22(15)2)18-16(23)14-10-13(8-9-17-14)24-12-6-4-3-5-7-12/h3-11H,1-2H3,(H,18,23)/t11-/m0/s1. The first kappa shape index (κ1) is 15.6. The van der Waals surface area contributed by atoms with E-state index in [1.54, 1.807) is 26.1 Å². The number of aromatic nitrogens is 5. The molecular formula is C16H16N6O2. The van der Waals surface area contributed by atoms with Gasteiger partial charge in [0.1, 0.15) is 17.2 Å². The average Bonchev–Trinajstić information content (AvgIpc) is 3.02. The first-order valence-corrected chi connectivity index (χ1v) is 7.35. The van der Waals surface area contributed by atoms with Crippen LogP contribution in [-0.4, -0.2) is 31.1 Å². The summed E-state index contributed by atoms with van der Waals surface area (Å²) < 4.78 is 7.22. The van der Waals surface area contributed by atoms with E-state index in [0.717, 1.165) is 0 Å². The molecule has 0 spiro atoms. The summed E-state index contributed by atoms with van der Waals surface area (Å²) in [5, 5.41) is 14.0. The van der Waals surface area contributed by atoms with Crippen LogP contribution in [0.4, 0.5) is 0 Å². The van der Waals surface area contributed by atoms with E-state index in [0.29, 0.717) is 17.3 Å². The predicted octanol–water partition coefficient (Wildman–Crippen LogP) is 1.89. The summed E-state index contributed by atoms with van der Waals surface area (Å²) in [6.07, 6.45) is 1.53. The van der Waals surface area contributed by atoms with E-state index in [1.807, 2.05) is 30.3 Å². The number of benzene rings is 1. The molecule has 8 heteroatoms. The smallest absolute Gasteiger partial charge is 0.270 e. The molecule has 2 heterocycles. The third-order valence-corrected chi connectivity index (χ3v) is 3.33. The van der Waals surface area contributed by atoms with Gasteiger partial charge in [-0.05, 0) is 35.5 Å². The minimum atomic E-state index is -0.349. The van der Waals surface area contributed by atoms with Crippen molar-refractivity contribution in [1.29, 1.82) is 0 Å². The SMILES string of the molecule is C[C@H](NC(=O)c1cc(Oc2ccccc2)ccn1)c1nnnn1C. The highest BCUT2D eigenvalue weighted by molar-refractivity contribution is 5.92. The maximum Gasteiger partial charge on any atom is 0.270 e. The Hall–Kier alpha value is -3.29. The lowest BCUT2D eigenvalue weighted by molar-refractivity contribution is 0.0932. The molecule has 3 aromatic rings. The van der Waals surface area contributed by atoms with Crippen LogP contribution in [0.1, 0.15) is 29.3 Å². The van der Waals surface area contributed by atoms with Gasteiger partial charge in [-0.25, -0.2) is 4.68 Å². The second-order valence-corrected chi connectivity index (χ2v) is 5.15. The minimum Gasteiger partial charge on any atom is -0.457 e. The fraction of sp³-hybridized carbons (Fsp3) is 0.188. The summed E-state index contributed by atoms with van der Waals surface area (Å²) in [4.78, 5) is 16.4. The fourth-order valence-corrected chi connectivity index (χ4v) is 2.16. The van der Waals surface area contributed by atoms with Crippen molar-refractivity contribution >= 4 is 5.91 Å². The van der Waals surface area contributed by atoms with E-state index in [9.17, 15) is 4.79 Å². The Labute approximate surface area is 138 Å². The Morgan fingerprint density at radius 3 is 2.71 bits per heavy atom. The van der Waals surface area contributed by atoms with Crippen molar-refractivity contribution in [1.82, 2.24) is 30.5 Å². The van der Waals surface area contributed by atoms with Crippen LogP contribution in [0.25, 0.3) is 0 Å². The van der Waals surface area contributed by atoms with Gasteiger partial charge in [-0.2, -0.15) is 0 Å². The molecule has 0 aliphatic carbocycles. The van der Waals surface area contributed by atoms with Gasteiger partial charge in [0.15, 0.2) is 5.82 Å². The van der Waals surface area contributed by atoms with Crippen molar-refractivity contribution in [2.75, 3.05) is 0 Å². The molecule has 8 nitrogen and oxygen atoms in total. The molecule has 0 saturated carbocycles. The van der Waals surface area contributed by atoms with Gasteiger partial charge in [-0.15, -0.1) is 5.10 Å². The van der Waals surface area contributed by atoms with Crippen LogP contribution in [0.15, 0.2) is 48.7 Å². The summed E-state index contributed by atoms with van der Waals surface area (Å²) in [6, 6.07) is 12.3. The number of pyridine rings is 1. The summed E-state index contributed by atoms with van der Waals surface area (Å²) in [7, 11) is 1.71. The lowest BCUT2D eigenvalue weighted by Gasteiger charge is -2.12. The molecule has 0 radical (unpaired) electrons. The van der Waals surface area contributed by atoms with E-state index in [-0.39, 0.29) is 17.6 Å². The van der Waals surface area contributed by atoms with E-state index < -0.39 is 0 Å². The Balaban J connectivity index is 1.71. The topological polar surface area (TPSA) is 94.8 Å². The molecule has 1 atom stereocenters. The first-order valence-electron chi connectivity index (χ1n) is 7.35. The quantitative estimate of drug-likeness (QED) is 0.770. The Bertz CT molecular complexity index is 833. The average molecular weight is 324 g/mol. The van der Waals surface area contributed by atoms with E-state index >= 15 is 0 Å². The molecule has 0 aliphatic heterocycles. The maximum atomic E-state index is 12.4. The first-order chi connectivity index (χ1) is 11.6. The van der Waals surface area contributed by atoms with Gasteiger partial charge in [0.2, 0.25) is 0 Å². The molecular weight excluding hydrogens is 308 g/mol. The summed E-state index contributed by atoms with van der Waals surface area (Å²) in [5.41, 5.74) is 0.255. The number of nitrogens with one attached hydrogen (secondary N) is 1. The minimum absolute atomic E-state index is 0.255. The lowest BCUT2D eigenvalue weighted by atomic mass is 10.2. The molecule has 122 valence electrons. The number of hydrogen-bond acceptors (Lipinski definition) is 6. The number of ether oxygens (including phenoxy) is 1. The van der Waals surface area contributed by atoms with Crippen LogP contribution in [0.2, 0.25) is 0 Å². The Kier molecular flexibility index (Phi) is 4.46. The maximum absolute atomic E-state index is 12.4. The van der Waals surface area contributed by atoms with Gasteiger partial charge in [-0.1, -0.05) is 18.2 Å². The summed E-state index contributed by atoms with van der Waals surface area (Å²) >= 11 is 0. The number of tetrazole rings is 1. The van der Waals surface area contributed by atoms with Gasteiger partial charge in [-0.3, -0.25) is 9.78 Å². The van der Waals surface area contributed by atoms with Crippen molar-refractivity contribution < 1.29 is 9.53 Å². The second-order valence-electron chi connectivity index (χ2n) is 5.15. The number of amides is 1. The van der Waals surface area contributed by atoms with Gasteiger partial charge < -0.3 is 10.1 Å². The molecule has 1 N–H and O–H groups in total. The van der Waals surface area contributed by atoms with Crippen molar-refractivity contribution in [2.45, 2.75) is 13.0 Å². The van der Waals surface area contributed by atoms with Gasteiger partial charge >= 0.3 is 0 Å². The number of carbonyl (C=O) groups is 1. The van der Waals surface area contributed by atoms with Crippen LogP contribution in [0, 0.1) is 0 Å². The van der Waals surface area contributed by atoms with Crippen LogP contribution in [-0.2, 0) is 7.05 Å². The third kappa shape index (κ3) is 3.54. The van der Waals surface area contributed by atoms with E-state index in [4.69, 9.17) is 4.74 Å². The number of hydrogen-bond donors (Lipinski definition) is 1. The van der Waals surface area contributed by atoms with Crippen LogP contribution >= 0.6 is 0 Å². The fourth-order valence-electron chi connectivity index (χ4n) is 2.16. The lowest BCUT2D eigenvalue weighted by Crippen LogP contribution is -2.29. The number of carbonyl (C=O) groups excluding carboxylic acids is 1. The normalized spacial score (nSPS) is 11.8. The van der Waals surface area contributed by atoms with Crippen molar-refractivity contribution in [3.63, 3.8) is 0 Å². The van der Waals surface area contributed by atoms with Crippen molar-refractivity contribution in [3.05, 3.63) is 60.2 Å². The molecule has 1 amide bonds. The molecule has 0 saturated heterocycles. The van der Waals surface area contributed by atoms with Crippen LogP contribution < -0.4 is 10.1 Å². The van der Waals surface area contributed by atoms with Gasteiger partial charge in [0.25, 0.3) is 5.91 Å². The summed E-state index contributed by atoms with van der Waals surface area (Å²) in [6.45, 7) is 1.80. The van der Waals surface area contributed by atoms with Gasteiger partial charge in [0, 0.05) is 19.3 Å². The zero-order valence-corrected chi connectivity index (χ0v) is 13.2. The molecule has 3 rings (SSSR count). The monoisotopic (exact) mass is 324 g/mol. The number of para-hydroxylation sites is 1. The zero-order chi connectivity index (χ0) is 16.9. The Morgan fingerprint density at radius 1 is 1.21 bits per heavy atom. The molecule has 0 bridgehead atoms. The van der Waals surface area contributed by atoms with Gasteiger partial charge in [0.05, 0.1) is 6.04 Å². The molecule has 0 unspecified atom stereocenters. The number of rotatable bonds is 5. The zero-order valence-electron chi connectivity index (χ0n) is 13.2. The highest BCUT2D eigenvalue weighted by atomic mass is 16.5. The number of nitrogens with zero attached hydrogens (tertiary/aromatic N) is 5.